The molecule has 0 aliphatic rings. The average molecular weight is 217 g/mol. The van der Waals surface area contributed by atoms with E-state index in [9.17, 15) is 14.9 Å². The third kappa shape index (κ3) is 1.81. The predicted octanol–water partition coefficient (Wildman–Crippen LogP) is 1.35. The first-order valence-corrected chi connectivity index (χ1v) is 4.46. The van der Waals surface area contributed by atoms with Crippen LogP contribution in [0, 0.1) is 10.1 Å². The highest BCUT2D eigenvalue weighted by Crippen LogP contribution is 2.15. The molecule has 0 amide bonds. The molecule has 2 aromatic rings. The van der Waals surface area contributed by atoms with E-state index >= 15 is 0 Å². The van der Waals surface area contributed by atoms with Crippen molar-refractivity contribution in [1.82, 2.24) is 9.97 Å². The molecule has 0 unspecified atom stereocenters. The quantitative estimate of drug-likeness (QED) is 0.607. The van der Waals surface area contributed by atoms with E-state index in [0.29, 0.717) is 11.3 Å². The number of nitrogens with one attached hydrogen (secondary N) is 1. The summed E-state index contributed by atoms with van der Waals surface area (Å²) in [6.07, 6.45) is 3.17. The number of aromatic amines is 1. The summed E-state index contributed by atoms with van der Waals surface area (Å²) >= 11 is 0. The molecule has 0 saturated heterocycles. The first-order chi connectivity index (χ1) is 7.68. The Balaban J connectivity index is 2.51. The third-order valence-corrected chi connectivity index (χ3v) is 2.06. The van der Waals surface area contributed by atoms with Gasteiger partial charge in [0.05, 0.1) is 10.6 Å². The molecule has 0 aliphatic carbocycles. The van der Waals surface area contributed by atoms with Gasteiger partial charge in [0.15, 0.2) is 0 Å². The van der Waals surface area contributed by atoms with Crippen LogP contribution >= 0.6 is 0 Å². The number of nitro groups is 1. The van der Waals surface area contributed by atoms with Crippen molar-refractivity contribution in [3.8, 4) is 11.3 Å². The molecule has 0 fully saturated rings. The fourth-order valence-electron chi connectivity index (χ4n) is 1.30. The standard InChI is InChI=1S/C10H7N3O3/c14-10-9(13(15)16)4-3-8(12-10)7-2-1-5-11-6-7/h1-6H,(H,12,14). The van der Waals surface area contributed by atoms with Gasteiger partial charge in [-0.2, -0.15) is 0 Å². The molecule has 0 saturated carbocycles. The zero-order chi connectivity index (χ0) is 11.5. The van der Waals surface area contributed by atoms with Crippen LogP contribution < -0.4 is 5.56 Å². The Hall–Kier alpha value is -2.50. The number of pyridine rings is 2. The molecule has 2 heterocycles. The Morgan fingerprint density at radius 3 is 2.69 bits per heavy atom. The topological polar surface area (TPSA) is 88.9 Å². The van der Waals surface area contributed by atoms with Gasteiger partial charge < -0.3 is 4.98 Å². The Bertz CT molecular complexity index is 577. The number of nitrogens with zero attached hydrogens (tertiary/aromatic N) is 2. The lowest BCUT2D eigenvalue weighted by atomic mass is 10.2. The smallest absolute Gasteiger partial charge is 0.316 e. The van der Waals surface area contributed by atoms with Crippen molar-refractivity contribution in [2.24, 2.45) is 0 Å². The van der Waals surface area contributed by atoms with Gasteiger partial charge in [-0.25, -0.2) is 0 Å². The number of H-pyrrole nitrogens is 1. The number of rotatable bonds is 2. The van der Waals surface area contributed by atoms with E-state index in [1.807, 2.05) is 0 Å². The Morgan fingerprint density at radius 2 is 2.12 bits per heavy atom. The molecule has 1 N–H and O–H groups in total. The minimum atomic E-state index is -0.716. The highest BCUT2D eigenvalue weighted by molar-refractivity contribution is 5.58. The summed E-state index contributed by atoms with van der Waals surface area (Å²) in [6, 6.07) is 6.14. The van der Waals surface area contributed by atoms with Crippen molar-refractivity contribution in [3.05, 3.63) is 57.1 Å². The van der Waals surface area contributed by atoms with Crippen LogP contribution in [0.4, 0.5) is 5.69 Å². The molecule has 2 rings (SSSR count). The molecule has 2 aromatic heterocycles. The second-order valence-corrected chi connectivity index (χ2v) is 3.09. The van der Waals surface area contributed by atoms with Gasteiger partial charge in [-0.3, -0.25) is 19.9 Å². The monoisotopic (exact) mass is 217 g/mol. The normalized spacial score (nSPS) is 10.0. The van der Waals surface area contributed by atoms with Crippen molar-refractivity contribution in [3.63, 3.8) is 0 Å². The van der Waals surface area contributed by atoms with Crippen LogP contribution in [0.3, 0.4) is 0 Å². The van der Waals surface area contributed by atoms with Crippen molar-refractivity contribution < 1.29 is 4.92 Å². The molecule has 80 valence electrons. The summed E-state index contributed by atoms with van der Waals surface area (Å²) in [7, 11) is 0. The highest BCUT2D eigenvalue weighted by atomic mass is 16.6. The molecular weight excluding hydrogens is 210 g/mol. The molecule has 0 spiro atoms. The Morgan fingerprint density at radius 1 is 1.31 bits per heavy atom. The van der Waals surface area contributed by atoms with Gasteiger partial charge in [0.2, 0.25) is 0 Å². The third-order valence-electron chi connectivity index (χ3n) is 2.06. The molecule has 0 bridgehead atoms. The number of aromatic nitrogens is 2. The second-order valence-electron chi connectivity index (χ2n) is 3.09. The van der Waals surface area contributed by atoms with E-state index < -0.39 is 16.2 Å². The van der Waals surface area contributed by atoms with Crippen LogP contribution in [0.1, 0.15) is 0 Å². The van der Waals surface area contributed by atoms with E-state index in [4.69, 9.17) is 0 Å². The first kappa shape index (κ1) is 10.0. The summed E-state index contributed by atoms with van der Waals surface area (Å²) < 4.78 is 0. The molecule has 0 atom stereocenters. The van der Waals surface area contributed by atoms with Crippen molar-refractivity contribution >= 4 is 5.69 Å². The molecule has 16 heavy (non-hydrogen) atoms. The van der Waals surface area contributed by atoms with E-state index in [0.717, 1.165) is 0 Å². The van der Waals surface area contributed by atoms with Gasteiger partial charge >= 0.3 is 11.2 Å². The lowest BCUT2D eigenvalue weighted by Gasteiger charge is -1.99. The summed E-state index contributed by atoms with van der Waals surface area (Å²) in [6.45, 7) is 0. The van der Waals surface area contributed by atoms with Gasteiger partial charge in [0.1, 0.15) is 0 Å². The maximum atomic E-state index is 11.3. The van der Waals surface area contributed by atoms with Crippen LogP contribution in [0.5, 0.6) is 0 Å². The van der Waals surface area contributed by atoms with Crippen molar-refractivity contribution in [2.75, 3.05) is 0 Å². The summed E-state index contributed by atoms with van der Waals surface area (Å²) in [5.41, 5.74) is 0.0252. The molecule has 0 aliphatic heterocycles. The Labute approximate surface area is 89.7 Å². The van der Waals surface area contributed by atoms with E-state index in [-0.39, 0.29) is 0 Å². The predicted molar refractivity (Wildman–Crippen MR) is 56.9 cm³/mol. The zero-order valence-electron chi connectivity index (χ0n) is 8.08. The lowest BCUT2D eigenvalue weighted by Crippen LogP contribution is -2.11. The van der Waals surface area contributed by atoms with E-state index in [1.165, 1.54) is 12.1 Å². The van der Waals surface area contributed by atoms with E-state index in [1.54, 1.807) is 24.5 Å². The van der Waals surface area contributed by atoms with Gasteiger partial charge in [-0.05, 0) is 18.2 Å². The van der Waals surface area contributed by atoms with Crippen LogP contribution in [0.2, 0.25) is 0 Å². The number of hydrogen-bond acceptors (Lipinski definition) is 4. The van der Waals surface area contributed by atoms with E-state index in [2.05, 4.69) is 9.97 Å². The lowest BCUT2D eigenvalue weighted by molar-refractivity contribution is -0.386. The van der Waals surface area contributed by atoms with Crippen LogP contribution in [0.25, 0.3) is 11.3 Å². The van der Waals surface area contributed by atoms with Crippen molar-refractivity contribution in [1.29, 1.82) is 0 Å². The first-order valence-electron chi connectivity index (χ1n) is 4.46. The highest BCUT2D eigenvalue weighted by Gasteiger charge is 2.11. The summed E-state index contributed by atoms with van der Waals surface area (Å²) in [5.74, 6) is 0. The van der Waals surface area contributed by atoms with Crippen LogP contribution in [-0.4, -0.2) is 14.9 Å². The molecule has 0 aromatic carbocycles. The second kappa shape index (κ2) is 3.93. The minimum Gasteiger partial charge on any atom is -0.316 e. The van der Waals surface area contributed by atoms with Gasteiger partial charge in [0.25, 0.3) is 0 Å². The van der Waals surface area contributed by atoms with Crippen LogP contribution in [-0.2, 0) is 0 Å². The van der Waals surface area contributed by atoms with Crippen LogP contribution in [0.15, 0.2) is 41.5 Å². The maximum Gasteiger partial charge on any atom is 0.333 e. The zero-order valence-corrected chi connectivity index (χ0v) is 8.08. The SMILES string of the molecule is O=c1[nH]c(-c2cccnc2)ccc1[N+](=O)[O-]. The molecular formula is C10H7N3O3. The van der Waals surface area contributed by atoms with Gasteiger partial charge in [-0.1, -0.05) is 0 Å². The molecule has 6 heteroatoms. The summed E-state index contributed by atoms with van der Waals surface area (Å²) in [5, 5.41) is 10.4. The summed E-state index contributed by atoms with van der Waals surface area (Å²) in [4.78, 5) is 27.4. The van der Waals surface area contributed by atoms with Gasteiger partial charge in [0, 0.05) is 24.0 Å². The molecule has 0 radical (unpaired) electrons. The average Bonchev–Trinajstić information content (AvgIpc) is 2.29. The van der Waals surface area contributed by atoms with Gasteiger partial charge in [-0.15, -0.1) is 0 Å². The maximum absolute atomic E-state index is 11.3. The fourth-order valence-corrected chi connectivity index (χ4v) is 1.30. The Kier molecular flexibility index (Phi) is 2.47. The molecule has 6 nitrogen and oxygen atoms in total. The fraction of sp³-hybridized carbons (Fsp3) is 0. The largest absolute Gasteiger partial charge is 0.333 e. The number of hydrogen-bond donors (Lipinski definition) is 1. The van der Waals surface area contributed by atoms with Crippen molar-refractivity contribution in [2.45, 2.75) is 0 Å². The minimum absolute atomic E-state index is 0.465.